The molecular formula is C18H27NO3S. The first-order valence-corrected chi connectivity index (χ1v) is 9.43. The van der Waals surface area contributed by atoms with E-state index in [2.05, 4.69) is 0 Å². The largest absolute Gasteiger partial charge is 0.497 e. The maximum atomic E-state index is 12.4. The molecular weight excluding hydrogens is 310 g/mol. The predicted molar refractivity (Wildman–Crippen MR) is 95.5 cm³/mol. The number of thioether (sulfide) groups is 1. The number of ether oxygens (including phenoxy) is 2. The van der Waals surface area contributed by atoms with Crippen LogP contribution in [0.2, 0.25) is 0 Å². The van der Waals surface area contributed by atoms with Crippen LogP contribution in [0.25, 0.3) is 0 Å². The van der Waals surface area contributed by atoms with E-state index in [-0.39, 0.29) is 11.2 Å². The van der Waals surface area contributed by atoms with Gasteiger partial charge in [0.05, 0.1) is 19.0 Å². The van der Waals surface area contributed by atoms with E-state index in [1.165, 1.54) is 12.8 Å². The summed E-state index contributed by atoms with van der Waals surface area (Å²) in [6, 6.07) is 7.56. The molecule has 0 aliphatic carbocycles. The fraction of sp³-hybridized carbons (Fsp3) is 0.611. The summed E-state index contributed by atoms with van der Waals surface area (Å²) in [6.07, 6.45) is 4.79. The summed E-state index contributed by atoms with van der Waals surface area (Å²) in [7, 11) is 1.65. The average molecular weight is 337 g/mol. The van der Waals surface area contributed by atoms with Crippen molar-refractivity contribution in [1.82, 2.24) is 4.90 Å². The van der Waals surface area contributed by atoms with Gasteiger partial charge in [0.25, 0.3) is 0 Å². The number of nitrogens with zero attached hydrogens (tertiary/aromatic N) is 1. The van der Waals surface area contributed by atoms with E-state index in [1.807, 2.05) is 36.1 Å². The van der Waals surface area contributed by atoms with Gasteiger partial charge >= 0.3 is 0 Å². The molecule has 0 saturated carbocycles. The zero-order valence-corrected chi connectivity index (χ0v) is 14.9. The third kappa shape index (κ3) is 5.98. The van der Waals surface area contributed by atoms with Crippen LogP contribution in [0, 0.1) is 0 Å². The topological polar surface area (TPSA) is 38.8 Å². The number of hydrogen-bond donors (Lipinski definition) is 0. The number of carbonyl (C=O) groups excluding carboxylic acids is 1. The fourth-order valence-corrected chi connectivity index (χ4v) is 3.50. The van der Waals surface area contributed by atoms with Crippen molar-refractivity contribution in [2.75, 3.05) is 32.6 Å². The molecule has 1 unspecified atom stereocenters. The van der Waals surface area contributed by atoms with Crippen molar-refractivity contribution in [2.45, 2.75) is 37.9 Å². The Bertz CT molecular complexity index is 470. The number of likely N-dealkylation sites (tertiary alicyclic amines) is 1. The Morgan fingerprint density at radius 2 is 1.74 bits per heavy atom. The quantitative estimate of drug-likeness (QED) is 0.713. The van der Waals surface area contributed by atoms with Gasteiger partial charge in [0, 0.05) is 18.8 Å². The summed E-state index contributed by atoms with van der Waals surface area (Å²) in [5.74, 6) is 2.75. The highest BCUT2D eigenvalue weighted by atomic mass is 32.2. The number of hydrogen-bond acceptors (Lipinski definition) is 4. The van der Waals surface area contributed by atoms with Crippen LogP contribution in [0.4, 0.5) is 0 Å². The smallest absolute Gasteiger partial charge is 0.235 e. The summed E-state index contributed by atoms with van der Waals surface area (Å²) >= 11 is 1.67. The first-order valence-electron chi connectivity index (χ1n) is 8.38. The van der Waals surface area contributed by atoms with E-state index in [0.29, 0.717) is 6.61 Å². The van der Waals surface area contributed by atoms with Gasteiger partial charge in [0.15, 0.2) is 0 Å². The van der Waals surface area contributed by atoms with Gasteiger partial charge in [-0.1, -0.05) is 12.8 Å². The number of rotatable bonds is 7. The van der Waals surface area contributed by atoms with Crippen LogP contribution >= 0.6 is 11.8 Å². The second-order valence-corrected chi connectivity index (χ2v) is 7.23. The summed E-state index contributed by atoms with van der Waals surface area (Å²) in [4.78, 5) is 14.5. The molecule has 1 aliphatic rings. The Morgan fingerprint density at radius 3 is 2.35 bits per heavy atom. The van der Waals surface area contributed by atoms with Crippen molar-refractivity contribution in [3.8, 4) is 11.5 Å². The van der Waals surface area contributed by atoms with Crippen LogP contribution in [0.15, 0.2) is 24.3 Å². The molecule has 1 saturated heterocycles. The summed E-state index contributed by atoms with van der Waals surface area (Å²) in [5, 5.41) is 0.00701. The van der Waals surface area contributed by atoms with Crippen LogP contribution in [0.5, 0.6) is 11.5 Å². The summed E-state index contributed by atoms with van der Waals surface area (Å²) < 4.78 is 10.8. The summed E-state index contributed by atoms with van der Waals surface area (Å²) in [5.41, 5.74) is 0. The number of carbonyl (C=O) groups is 1. The van der Waals surface area contributed by atoms with E-state index >= 15 is 0 Å². The van der Waals surface area contributed by atoms with E-state index < -0.39 is 0 Å². The zero-order chi connectivity index (χ0) is 16.5. The summed E-state index contributed by atoms with van der Waals surface area (Å²) in [6.45, 7) is 4.46. The highest BCUT2D eigenvalue weighted by molar-refractivity contribution is 8.00. The Hall–Kier alpha value is -1.36. The van der Waals surface area contributed by atoms with Crippen molar-refractivity contribution in [3.63, 3.8) is 0 Å². The van der Waals surface area contributed by atoms with Gasteiger partial charge in [-0.05, 0) is 44.0 Å². The first-order chi connectivity index (χ1) is 11.2. The van der Waals surface area contributed by atoms with Crippen LogP contribution < -0.4 is 9.47 Å². The van der Waals surface area contributed by atoms with Crippen LogP contribution in [-0.2, 0) is 4.79 Å². The minimum atomic E-state index is 0.00701. The second-order valence-electron chi connectivity index (χ2n) is 5.78. The molecule has 0 radical (unpaired) electrons. The molecule has 128 valence electrons. The molecule has 1 aromatic rings. The maximum Gasteiger partial charge on any atom is 0.235 e. The Balaban J connectivity index is 1.67. The monoisotopic (exact) mass is 337 g/mol. The fourth-order valence-electron chi connectivity index (χ4n) is 2.68. The van der Waals surface area contributed by atoms with Crippen LogP contribution in [0.1, 0.15) is 32.6 Å². The van der Waals surface area contributed by atoms with E-state index in [9.17, 15) is 4.79 Å². The lowest BCUT2D eigenvalue weighted by atomic mass is 10.2. The molecule has 0 N–H and O–H groups in total. The molecule has 1 aromatic carbocycles. The highest BCUT2D eigenvalue weighted by Gasteiger charge is 2.21. The Labute approximate surface area is 143 Å². The van der Waals surface area contributed by atoms with Gasteiger partial charge in [-0.25, -0.2) is 0 Å². The average Bonchev–Trinajstić information content (AvgIpc) is 2.87. The van der Waals surface area contributed by atoms with Gasteiger partial charge in [-0.2, -0.15) is 0 Å². The Kier molecular flexibility index (Phi) is 7.59. The molecule has 1 fully saturated rings. The van der Waals surface area contributed by atoms with Gasteiger partial charge in [0.2, 0.25) is 5.91 Å². The molecule has 0 spiro atoms. The molecule has 5 heteroatoms. The molecule has 23 heavy (non-hydrogen) atoms. The zero-order valence-electron chi connectivity index (χ0n) is 14.1. The Morgan fingerprint density at radius 1 is 1.13 bits per heavy atom. The first kappa shape index (κ1) is 18.0. The number of benzene rings is 1. The van der Waals surface area contributed by atoms with Crippen molar-refractivity contribution in [1.29, 1.82) is 0 Å². The lowest BCUT2D eigenvalue weighted by Gasteiger charge is -2.23. The highest BCUT2D eigenvalue weighted by Crippen LogP contribution is 2.19. The predicted octanol–water partition coefficient (Wildman–Crippen LogP) is 3.60. The van der Waals surface area contributed by atoms with Crippen molar-refractivity contribution < 1.29 is 14.3 Å². The molecule has 4 nitrogen and oxygen atoms in total. The lowest BCUT2D eigenvalue weighted by molar-refractivity contribution is -0.130. The molecule has 1 heterocycles. The normalized spacial score (nSPS) is 16.5. The number of amides is 1. The minimum Gasteiger partial charge on any atom is -0.497 e. The van der Waals surface area contributed by atoms with E-state index in [0.717, 1.165) is 43.2 Å². The van der Waals surface area contributed by atoms with Crippen molar-refractivity contribution >= 4 is 17.7 Å². The molecule has 0 bridgehead atoms. The molecule has 1 atom stereocenters. The third-order valence-corrected chi connectivity index (χ3v) is 5.15. The van der Waals surface area contributed by atoms with Gasteiger partial charge < -0.3 is 14.4 Å². The van der Waals surface area contributed by atoms with Gasteiger partial charge in [-0.15, -0.1) is 11.8 Å². The molecule has 0 aromatic heterocycles. The van der Waals surface area contributed by atoms with Crippen LogP contribution in [-0.4, -0.2) is 48.6 Å². The van der Waals surface area contributed by atoms with Crippen molar-refractivity contribution in [2.24, 2.45) is 0 Å². The molecule has 1 aliphatic heterocycles. The third-order valence-electron chi connectivity index (χ3n) is 4.04. The van der Waals surface area contributed by atoms with Gasteiger partial charge in [-0.3, -0.25) is 4.79 Å². The standard InChI is InChI=1S/C18H27NO3S/c1-15(18(20)19-11-5-3-4-6-12-19)23-14-13-22-17-9-7-16(21-2)8-10-17/h7-10,15H,3-6,11-14H2,1-2H3. The van der Waals surface area contributed by atoms with Crippen LogP contribution in [0.3, 0.4) is 0 Å². The second kappa shape index (κ2) is 9.71. The lowest BCUT2D eigenvalue weighted by Crippen LogP contribution is -2.37. The molecule has 2 rings (SSSR count). The molecule has 1 amide bonds. The van der Waals surface area contributed by atoms with E-state index in [1.54, 1.807) is 18.9 Å². The van der Waals surface area contributed by atoms with Crippen molar-refractivity contribution in [3.05, 3.63) is 24.3 Å². The van der Waals surface area contributed by atoms with Gasteiger partial charge in [0.1, 0.15) is 11.5 Å². The minimum absolute atomic E-state index is 0.00701. The SMILES string of the molecule is COc1ccc(OCCSC(C)C(=O)N2CCCCCC2)cc1. The maximum absolute atomic E-state index is 12.4. The van der Waals surface area contributed by atoms with E-state index in [4.69, 9.17) is 9.47 Å². The number of methoxy groups -OCH3 is 1.